The molecule has 0 unspecified atom stereocenters. The second-order valence-corrected chi connectivity index (χ2v) is 16.2. The maximum absolute atomic E-state index is 15.1. The topological polar surface area (TPSA) is 218 Å². The smallest absolute Gasteiger partial charge is 0.330 e. The highest BCUT2D eigenvalue weighted by atomic mass is 32.2. The van der Waals surface area contributed by atoms with Crippen LogP contribution in [0.15, 0.2) is 46.0 Å². The van der Waals surface area contributed by atoms with E-state index in [0.29, 0.717) is 115 Å². The first-order chi connectivity index (χ1) is 32.2. The van der Waals surface area contributed by atoms with Gasteiger partial charge in [0.05, 0.1) is 111 Å². The second kappa shape index (κ2) is 32.1. The lowest BCUT2D eigenvalue weighted by Crippen LogP contribution is -2.43. The lowest BCUT2D eigenvalue weighted by atomic mass is 9.99. The molecule has 0 spiro atoms. The van der Waals surface area contributed by atoms with Crippen LogP contribution in [-0.4, -0.2) is 155 Å². The van der Waals surface area contributed by atoms with Crippen molar-refractivity contribution in [1.29, 1.82) is 0 Å². The number of nitrogens with one attached hydrogen (secondary N) is 1. The molecule has 0 aliphatic heterocycles. The summed E-state index contributed by atoms with van der Waals surface area (Å²) in [5, 5.41) is 12.1. The molecule has 1 atom stereocenters. The summed E-state index contributed by atoms with van der Waals surface area (Å²) in [7, 11) is 2.90. The number of thioether (sulfide) groups is 1. The molecule has 0 radical (unpaired) electrons. The Bertz CT molecular complexity index is 2110. The molecule has 0 aliphatic rings. The molecule has 1 amide bonds. The predicted octanol–water partition coefficient (Wildman–Crippen LogP) is 3.07. The van der Waals surface area contributed by atoms with Gasteiger partial charge >= 0.3 is 11.7 Å². The van der Waals surface area contributed by atoms with Crippen molar-refractivity contribution in [3.05, 3.63) is 91.3 Å². The van der Waals surface area contributed by atoms with Gasteiger partial charge in [0.2, 0.25) is 0 Å². The minimum absolute atomic E-state index is 0.00582. The van der Waals surface area contributed by atoms with Gasteiger partial charge in [-0.3, -0.25) is 23.7 Å². The molecule has 1 heterocycles. The van der Waals surface area contributed by atoms with Gasteiger partial charge < -0.3 is 52.9 Å². The van der Waals surface area contributed by atoms with Gasteiger partial charge in [0.25, 0.3) is 11.5 Å². The van der Waals surface area contributed by atoms with E-state index in [-0.39, 0.29) is 60.9 Å². The Morgan fingerprint density at radius 2 is 1.10 bits per heavy atom. The average molecular weight is 968 g/mol. The van der Waals surface area contributed by atoms with Gasteiger partial charge in [0.1, 0.15) is 29.0 Å². The van der Waals surface area contributed by atoms with E-state index < -0.39 is 46.4 Å². The van der Waals surface area contributed by atoms with E-state index in [1.165, 1.54) is 37.3 Å². The van der Waals surface area contributed by atoms with Crippen LogP contribution in [0.3, 0.4) is 0 Å². The Kier molecular flexibility index (Phi) is 27.1. The zero-order chi connectivity index (χ0) is 49.0. The third-order valence-corrected chi connectivity index (χ3v) is 10.7. The molecule has 0 fully saturated rings. The Hall–Kier alpha value is -4.71. The Balaban J connectivity index is 1.20. The number of carboxylic acids is 1. The van der Waals surface area contributed by atoms with Gasteiger partial charge in [-0.2, -0.15) is 0 Å². The highest BCUT2D eigenvalue weighted by molar-refractivity contribution is 8.13. The first kappa shape index (κ1) is 56.6. The van der Waals surface area contributed by atoms with Crippen LogP contribution in [0.5, 0.6) is 0 Å². The molecule has 0 bridgehead atoms. The number of amides is 1. The van der Waals surface area contributed by atoms with Crippen molar-refractivity contribution in [2.75, 3.05) is 111 Å². The number of halogens is 2. The molecule has 1 aromatic heterocycles. The molecule has 3 rings (SSSR count). The molecule has 0 saturated heterocycles. The van der Waals surface area contributed by atoms with E-state index in [9.17, 15) is 33.9 Å². The molecule has 67 heavy (non-hydrogen) atoms. The minimum Gasteiger partial charge on any atom is -0.480 e. The van der Waals surface area contributed by atoms with Crippen molar-refractivity contribution >= 4 is 34.5 Å². The third-order valence-electron chi connectivity index (χ3n) is 9.93. The number of hydrogen-bond donors (Lipinski definition) is 2. The van der Waals surface area contributed by atoms with Gasteiger partial charge in [-0.1, -0.05) is 36.0 Å². The maximum atomic E-state index is 15.1. The normalized spacial score (nSPS) is 11.8. The van der Waals surface area contributed by atoms with Crippen molar-refractivity contribution in [3.8, 4) is 11.1 Å². The van der Waals surface area contributed by atoms with Crippen LogP contribution in [0, 0.1) is 18.6 Å². The maximum Gasteiger partial charge on any atom is 0.330 e. The van der Waals surface area contributed by atoms with Crippen LogP contribution in [0.1, 0.15) is 46.9 Å². The summed E-state index contributed by atoms with van der Waals surface area (Å²) in [5.74, 6) is -4.67. The van der Waals surface area contributed by atoms with Gasteiger partial charge in [-0.05, 0) is 42.2 Å². The summed E-state index contributed by atoms with van der Waals surface area (Å²) in [6.07, 6.45) is -0.177. The molecule has 3 aromatic rings. The van der Waals surface area contributed by atoms with E-state index in [1.807, 2.05) is 0 Å². The molecule has 21 heteroatoms. The van der Waals surface area contributed by atoms with E-state index in [1.54, 1.807) is 31.2 Å². The van der Waals surface area contributed by atoms with Crippen LogP contribution in [0.2, 0.25) is 0 Å². The summed E-state index contributed by atoms with van der Waals surface area (Å²) < 4.78 is 75.9. The summed E-state index contributed by atoms with van der Waals surface area (Å²) in [5.41, 5.74) is -0.125. The van der Waals surface area contributed by atoms with Crippen LogP contribution in [-0.2, 0) is 79.2 Å². The summed E-state index contributed by atoms with van der Waals surface area (Å²) in [6.45, 7) is 9.47. The van der Waals surface area contributed by atoms with Gasteiger partial charge in [-0.15, -0.1) is 0 Å². The van der Waals surface area contributed by atoms with Crippen LogP contribution in [0.4, 0.5) is 8.78 Å². The summed E-state index contributed by atoms with van der Waals surface area (Å²) in [4.78, 5) is 73.3. The Morgan fingerprint density at radius 3 is 1.55 bits per heavy atom. The monoisotopic (exact) mass is 967 g/mol. The number of aryl methyl sites for hydroxylation is 1. The lowest BCUT2D eigenvalue weighted by Gasteiger charge is -2.16. The average Bonchev–Trinajstić information content (AvgIpc) is 3.29. The number of hydrogen-bond acceptors (Lipinski definition) is 15. The van der Waals surface area contributed by atoms with Crippen molar-refractivity contribution in [1.82, 2.24) is 14.5 Å². The summed E-state index contributed by atoms with van der Waals surface area (Å²) >= 11 is 1.24. The number of carbonyl (C=O) groups excluding carboxylic acids is 3. The highest BCUT2D eigenvalue weighted by Crippen LogP contribution is 2.21. The number of aromatic nitrogens is 2. The number of nitrogens with zero attached hydrogens (tertiary/aromatic N) is 2. The number of ketones is 1. The Labute approximate surface area is 392 Å². The molecule has 0 saturated carbocycles. The molecular weight excluding hydrogens is 905 g/mol. The van der Waals surface area contributed by atoms with Crippen LogP contribution in [0.25, 0.3) is 11.1 Å². The third kappa shape index (κ3) is 21.4. The van der Waals surface area contributed by atoms with Crippen LogP contribution >= 0.6 is 11.8 Å². The van der Waals surface area contributed by atoms with E-state index >= 15 is 8.78 Å². The molecule has 2 aromatic carbocycles. The van der Waals surface area contributed by atoms with E-state index in [0.717, 1.165) is 16.7 Å². The fourth-order valence-corrected chi connectivity index (χ4v) is 6.71. The SMILES string of the molecule is CC(=O)SCCOCCOCCOCCOCCOCCOCCOCCOCCC(=O)CCc1cc(F)c(C(=O)N[C@@H](Cc2ccc(-c3c(C)n(C)c(=O)n(C)c3=O)cc2)C(=O)O)c(F)c1. The van der Waals surface area contributed by atoms with Gasteiger partial charge in [0, 0.05) is 51.7 Å². The van der Waals surface area contributed by atoms with Crippen molar-refractivity contribution < 1.29 is 71.0 Å². The number of ether oxygens (including phenoxy) is 8. The molecule has 18 nitrogen and oxygen atoms in total. The number of carbonyl (C=O) groups is 4. The zero-order valence-corrected chi connectivity index (χ0v) is 39.4. The second-order valence-electron chi connectivity index (χ2n) is 14.9. The fraction of sp³-hybridized carbons (Fsp3) is 0.565. The molecule has 0 aliphatic carbocycles. The van der Waals surface area contributed by atoms with Crippen molar-refractivity contribution in [3.63, 3.8) is 0 Å². The number of aliphatic carboxylic acids is 1. The van der Waals surface area contributed by atoms with Crippen molar-refractivity contribution in [2.24, 2.45) is 14.1 Å². The first-order valence-corrected chi connectivity index (χ1v) is 22.8. The van der Waals surface area contributed by atoms with E-state index in [2.05, 4.69) is 5.32 Å². The molecular formula is C46H63F2N3O15S. The van der Waals surface area contributed by atoms with E-state index in [4.69, 9.17) is 37.9 Å². The lowest BCUT2D eigenvalue weighted by molar-refractivity contribution is -0.139. The molecule has 372 valence electrons. The predicted molar refractivity (Wildman–Crippen MR) is 244 cm³/mol. The van der Waals surface area contributed by atoms with Crippen LogP contribution < -0.4 is 16.6 Å². The highest BCUT2D eigenvalue weighted by Gasteiger charge is 2.26. The number of benzene rings is 2. The molecule has 2 N–H and O–H groups in total. The standard InChI is InChI=1S/C46H63F2N3O15S/c1-32-41(44(55)51(4)46(58)50(32)3)36-8-5-34(6-9-36)31-40(45(56)57)49-43(54)42-38(47)29-35(30-39(42)48)7-10-37(53)11-12-59-13-14-60-15-16-61-17-18-62-19-20-63-21-22-64-23-24-65-25-26-66-27-28-67-33(2)52/h5-6,8-9,29-30,40H,7,10-28,31H2,1-4H3,(H,49,54)(H,56,57)/t40-/m0/s1. The largest absolute Gasteiger partial charge is 0.480 e. The van der Waals surface area contributed by atoms with Gasteiger partial charge in [-0.25, -0.2) is 18.4 Å². The fourth-order valence-electron chi connectivity index (χ4n) is 6.22. The number of rotatable bonds is 36. The first-order valence-electron chi connectivity index (χ1n) is 21.9. The number of carboxylic acid groups (broad SMARTS) is 1. The number of Topliss-reactive ketones (excluding diaryl/α,β-unsaturated/α-hetero) is 1. The van der Waals surface area contributed by atoms with Crippen molar-refractivity contribution in [2.45, 2.75) is 45.6 Å². The minimum atomic E-state index is -1.55. The summed E-state index contributed by atoms with van der Waals surface area (Å²) in [6, 6.07) is 6.59. The Morgan fingerprint density at radius 1 is 0.657 bits per heavy atom. The quantitative estimate of drug-likeness (QED) is 0.0801. The zero-order valence-electron chi connectivity index (χ0n) is 38.6. The van der Waals surface area contributed by atoms with Gasteiger partial charge in [0.15, 0.2) is 5.12 Å².